The predicted octanol–water partition coefficient (Wildman–Crippen LogP) is 2.88. The second kappa shape index (κ2) is 6.94. The van der Waals surface area contributed by atoms with E-state index < -0.39 is 0 Å². The van der Waals surface area contributed by atoms with Crippen molar-refractivity contribution in [2.75, 3.05) is 14.2 Å². The number of fused-ring (bicyclic) bond motifs is 1. The Bertz CT molecular complexity index is 828. The molecule has 3 rings (SSSR count). The summed E-state index contributed by atoms with van der Waals surface area (Å²) in [5.74, 6) is 2.21. The maximum Gasteiger partial charge on any atom is 0.227 e. The van der Waals surface area contributed by atoms with Crippen LogP contribution in [0.15, 0.2) is 24.4 Å². The molecule has 0 bridgehead atoms. The van der Waals surface area contributed by atoms with Crippen molar-refractivity contribution in [3.63, 3.8) is 0 Å². The van der Waals surface area contributed by atoms with Crippen LogP contribution in [-0.4, -0.2) is 35.0 Å². The zero-order valence-electron chi connectivity index (χ0n) is 16.0. The molecule has 0 radical (unpaired) electrons. The average Bonchev–Trinajstić information content (AvgIpc) is 3.04. The molecule has 6 heteroatoms. The van der Waals surface area contributed by atoms with E-state index in [0.717, 1.165) is 22.6 Å². The number of carbonyl (C=O) groups is 1. The van der Waals surface area contributed by atoms with Crippen LogP contribution in [0.3, 0.4) is 0 Å². The molecule has 0 atom stereocenters. The molecule has 2 aromatic rings. The van der Waals surface area contributed by atoms with Gasteiger partial charge in [0, 0.05) is 35.3 Å². The SMILES string of the molecule is COc1ccc(CC(=O)N2Cc3cnc(C(C)(C)C)nc3C2)c(OC)c1. The molecule has 0 aliphatic carbocycles. The molecule has 0 fully saturated rings. The van der Waals surface area contributed by atoms with E-state index in [1.807, 2.05) is 23.2 Å². The van der Waals surface area contributed by atoms with Gasteiger partial charge in [0.15, 0.2) is 0 Å². The van der Waals surface area contributed by atoms with Crippen molar-refractivity contribution in [3.05, 3.63) is 47.0 Å². The number of ether oxygens (including phenoxy) is 2. The topological polar surface area (TPSA) is 64.5 Å². The Balaban J connectivity index is 1.74. The van der Waals surface area contributed by atoms with Crippen molar-refractivity contribution >= 4 is 5.91 Å². The highest BCUT2D eigenvalue weighted by molar-refractivity contribution is 5.80. The van der Waals surface area contributed by atoms with Crippen LogP contribution in [0.25, 0.3) is 0 Å². The van der Waals surface area contributed by atoms with Gasteiger partial charge in [-0.2, -0.15) is 0 Å². The molecule has 1 aliphatic rings. The van der Waals surface area contributed by atoms with Crippen molar-refractivity contribution < 1.29 is 14.3 Å². The zero-order chi connectivity index (χ0) is 18.9. The minimum Gasteiger partial charge on any atom is -0.497 e. The monoisotopic (exact) mass is 355 g/mol. The molecule has 138 valence electrons. The Morgan fingerprint density at radius 2 is 1.96 bits per heavy atom. The van der Waals surface area contributed by atoms with Crippen LogP contribution in [-0.2, 0) is 29.7 Å². The number of amides is 1. The van der Waals surface area contributed by atoms with Gasteiger partial charge in [0.2, 0.25) is 5.91 Å². The lowest BCUT2D eigenvalue weighted by Gasteiger charge is -2.17. The highest BCUT2D eigenvalue weighted by Gasteiger charge is 2.28. The van der Waals surface area contributed by atoms with Gasteiger partial charge in [-0.25, -0.2) is 9.97 Å². The van der Waals surface area contributed by atoms with Crippen LogP contribution in [0.4, 0.5) is 0 Å². The molecule has 1 aromatic carbocycles. The zero-order valence-corrected chi connectivity index (χ0v) is 16.0. The lowest BCUT2D eigenvalue weighted by atomic mass is 9.95. The Hall–Kier alpha value is -2.63. The largest absolute Gasteiger partial charge is 0.497 e. The molecule has 0 saturated carbocycles. The van der Waals surface area contributed by atoms with Gasteiger partial charge >= 0.3 is 0 Å². The number of aromatic nitrogens is 2. The molecule has 0 N–H and O–H groups in total. The summed E-state index contributed by atoms with van der Waals surface area (Å²) in [4.78, 5) is 23.7. The third-order valence-electron chi connectivity index (χ3n) is 4.52. The van der Waals surface area contributed by atoms with Crippen LogP contribution >= 0.6 is 0 Å². The predicted molar refractivity (Wildman–Crippen MR) is 98.2 cm³/mol. The first kappa shape index (κ1) is 18.2. The number of hydrogen-bond acceptors (Lipinski definition) is 5. The van der Waals surface area contributed by atoms with Crippen LogP contribution < -0.4 is 9.47 Å². The third kappa shape index (κ3) is 3.64. The van der Waals surface area contributed by atoms with Crippen LogP contribution in [0.1, 0.15) is 43.4 Å². The molecule has 1 aliphatic heterocycles. The fourth-order valence-corrected chi connectivity index (χ4v) is 2.96. The standard InChI is InChI=1S/C20H25N3O3/c1-20(2,3)19-21-10-14-11-23(12-16(14)22-19)18(24)8-13-6-7-15(25-4)9-17(13)26-5/h6-7,9-10H,8,11-12H2,1-5H3. The lowest BCUT2D eigenvalue weighted by molar-refractivity contribution is -0.131. The Labute approximate surface area is 154 Å². The van der Waals surface area contributed by atoms with Crippen LogP contribution in [0.5, 0.6) is 11.5 Å². The number of methoxy groups -OCH3 is 2. The first-order chi connectivity index (χ1) is 12.3. The van der Waals surface area contributed by atoms with E-state index in [9.17, 15) is 4.79 Å². The normalized spacial score (nSPS) is 13.5. The van der Waals surface area contributed by atoms with E-state index in [0.29, 0.717) is 24.6 Å². The highest BCUT2D eigenvalue weighted by Crippen LogP contribution is 2.28. The number of carbonyl (C=O) groups excluding carboxylic acids is 1. The van der Waals surface area contributed by atoms with E-state index in [-0.39, 0.29) is 17.7 Å². The van der Waals surface area contributed by atoms with Crippen molar-refractivity contribution in [2.24, 2.45) is 0 Å². The van der Waals surface area contributed by atoms with E-state index in [2.05, 4.69) is 30.7 Å². The van der Waals surface area contributed by atoms with Gasteiger partial charge in [-0.05, 0) is 6.07 Å². The molecule has 6 nitrogen and oxygen atoms in total. The minimum absolute atomic E-state index is 0.0452. The maximum atomic E-state index is 12.8. The van der Waals surface area contributed by atoms with Gasteiger partial charge in [-0.1, -0.05) is 26.8 Å². The Morgan fingerprint density at radius 1 is 1.19 bits per heavy atom. The fourth-order valence-electron chi connectivity index (χ4n) is 2.96. The van der Waals surface area contributed by atoms with Gasteiger partial charge < -0.3 is 14.4 Å². The van der Waals surface area contributed by atoms with Crippen molar-refractivity contribution in [3.8, 4) is 11.5 Å². The van der Waals surface area contributed by atoms with E-state index in [1.165, 1.54) is 0 Å². The summed E-state index contributed by atoms with van der Waals surface area (Å²) in [5.41, 5.74) is 2.70. The molecular weight excluding hydrogens is 330 g/mol. The summed E-state index contributed by atoms with van der Waals surface area (Å²) in [5, 5.41) is 0. The molecule has 0 unspecified atom stereocenters. The molecule has 0 spiro atoms. The summed E-state index contributed by atoms with van der Waals surface area (Å²) in [6.07, 6.45) is 2.13. The second-order valence-corrected chi connectivity index (χ2v) is 7.52. The highest BCUT2D eigenvalue weighted by atomic mass is 16.5. The van der Waals surface area contributed by atoms with Crippen LogP contribution in [0, 0.1) is 0 Å². The third-order valence-corrected chi connectivity index (χ3v) is 4.52. The summed E-state index contributed by atoms with van der Waals surface area (Å²) in [6.45, 7) is 7.34. The number of nitrogens with zero attached hydrogens (tertiary/aromatic N) is 3. The number of hydrogen-bond donors (Lipinski definition) is 0. The lowest BCUT2D eigenvalue weighted by Crippen LogP contribution is -2.27. The Kier molecular flexibility index (Phi) is 4.85. The van der Waals surface area contributed by atoms with Crippen molar-refractivity contribution in [1.82, 2.24) is 14.9 Å². The van der Waals surface area contributed by atoms with Gasteiger partial charge in [0.25, 0.3) is 0 Å². The van der Waals surface area contributed by atoms with E-state index in [4.69, 9.17) is 9.47 Å². The maximum absolute atomic E-state index is 12.8. The summed E-state index contributed by atoms with van der Waals surface area (Å²) < 4.78 is 10.6. The molecule has 1 amide bonds. The molecule has 26 heavy (non-hydrogen) atoms. The Morgan fingerprint density at radius 3 is 2.62 bits per heavy atom. The summed E-state index contributed by atoms with van der Waals surface area (Å²) >= 11 is 0. The van der Waals surface area contributed by atoms with Gasteiger partial charge in [-0.15, -0.1) is 0 Å². The van der Waals surface area contributed by atoms with Crippen molar-refractivity contribution in [1.29, 1.82) is 0 Å². The first-order valence-corrected chi connectivity index (χ1v) is 8.65. The molecule has 1 aromatic heterocycles. The minimum atomic E-state index is -0.108. The van der Waals surface area contributed by atoms with E-state index in [1.54, 1.807) is 20.3 Å². The van der Waals surface area contributed by atoms with Crippen LogP contribution in [0.2, 0.25) is 0 Å². The summed E-state index contributed by atoms with van der Waals surface area (Å²) in [6, 6.07) is 5.50. The molecule has 0 saturated heterocycles. The molecule has 2 heterocycles. The number of benzene rings is 1. The van der Waals surface area contributed by atoms with Gasteiger partial charge in [0.05, 0.1) is 32.9 Å². The second-order valence-electron chi connectivity index (χ2n) is 7.52. The molecular formula is C20H25N3O3. The average molecular weight is 355 g/mol. The van der Waals surface area contributed by atoms with E-state index >= 15 is 0 Å². The smallest absolute Gasteiger partial charge is 0.227 e. The van der Waals surface area contributed by atoms with Gasteiger partial charge in [0.1, 0.15) is 17.3 Å². The van der Waals surface area contributed by atoms with Crippen molar-refractivity contribution in [2.45, 2.75) is 45.7 Å². The fraction of sp³-hybridized carbons (Fsp3) is 0.450. The quantitative estimate of drug-likeness (QED) is 0.844. The first-order valence-electron chi connectivity index (χ1n) is 8.65. The summed E-state index contributed by atoms with van der Waals surface area (Å²) in [7, 11) is 3.20. The van der Waals surface area contributed by atoms with Gasteiger partial charge in [-0.3, -0.25) is 4.79 Å². The number of rotatable bonds is 4.